The number of aromatic nitrogens is 2. The first-order valence-electron chi connectivity index (χ1n) is 8.96. The van der Waals surface area contributed by atoms with Gasteiger partial charge in [0.25, 0.3) is 11.5 Å². The molecule has 0 saturated carbocycles. The fourth-order valence-electron chi connectivity index (χ4n) is 3.43. The number of benzene rings is 2. The van der Waals surface area contributed by atoms with Gasteiger partial charge in [-0.25, -0.2) is 14.3 Å². The summed E-state index contributed by atoms with van der Waals surface area (Å²) in [4.78, 5) is 36.5. The summed E-state index contributed by atoms with van der Waals surface area (Å²) in [6.07, 6.45) is -0.850. The highest BCUT2D eigenvalue weighted by Crippen LogP contribution is 2.21. The first-order chi connectivity index (χ1) is 13.9. The number of nitrogens with zero attached hydrogens (tertiary/aromatic N) is 2. The van der Waals surface area contributed by atoms with Crippen molar-refractivity contribution in [3.63, 3.8) is 0 Å². The number of amides is 2. The molecule has 1 aliphatic rings. The van der Waals surface area contributed by atoms with E-state index in [4.69, 9.17) is 5.11 Å². The highest BCUT2D eigenvalue weighted by molar-refractivity contribution is 5.95. The van der Waals surface area contributed by atoms with Gasteiger partial charge in [0.15, 0.2) is 0 Å². The normalized spacial score (nSPS) is 13.9. The molecule has 2 heterocycles. The second-order valence-corrected chi connectivity index (χ2v) is 6.89. The van der Waals surface area contributed by atoms with Crippen molar-refractivity contribution in [2.45, 2.75) is 12.5 Å². The van der Waals surface area contributed by atoms with Gasteiger partial charge in [-0.05, 0) is 23.8 Å². The Morgan fingerprint density at radius 1 is 1.21 bits per heavy atom. The molecule has 0 spiro atoms. The lowest BCUT2D eigenvalue weighted by Gasteiger charge is -2.39. The minimum Gasteiger partial charge on any atom is -0.465 e. The van der Waals surface area contributed by atoms with Gasteiger partial charge in [-0.15, -0.1) is 0 Å². The molecule has 9 heteroatoms. The van der Waals surface area contributed by atoms with E-state index >= 15 is 0 Å². The highest BCUT2D eigenvalue weighted by Gasteiger charge is 2.33. The molecule has 0 unspecified atom stereocenters. The third-order valence-corrected chi connectivity index (χ3v) is 4.90. The zero-order valence-electron chi connectivity index (χ0n) is 15.2. The number of rotatable bonds is 4. The number of carboxylic acid groups (broad SMARTS) is 1. The molecule has 1 aliphatic heterocycles. The molecule has 29 heavy (non-hydrogen) atoms. The first-order valence-corrected chi connectivity index (χ1v) is 8.96. The summed E-state index contributed by atoms with van der Waals surface area (Å²) in [5, 5.41) is 18.8. The number of carbonyl (C=O) groups is 2. The third-order valence-electron chi connectivity index (χ3n) is 4.90. The molecule has 1 saturated heterocycles. The Labute approximate surface area is 164 Å². The quantitative estimate of drug-likeness (QED) is 0.621. The van der Waals surface area contributed by atoms with E-state index in [-0.39, 0.29) is 30.3 Å². The minimum absolute atomic E-state index is 0.0787. The van der Waals surface area contributed by atoms with Gasteiger partial charge in [0, 0.05) is 24.9 Å². The summed E-state index contributed by atoms with van der Waals surface area (Å²) in [5.41, 5.74) is 0.909. The van der Waals surface area contributed by atoms with Gasteiger partial charge in [0.1, 0.15) is 5.82 Å². The number of aromatic amines is 1. The highest BCUT2D eigenvalue weighted by atomic mass is 19.1. The molecule has 4 rings (SSSR count). The van der Waals surface area contributed by atoms with Crippen LogP contribution in [-0.2, 0) is 6.42 Å². The van der Waals surface area contributed by atoms with Gasteiger partial charge in [0.05, 0.1) is 22.7 Å². The van der Waals surface area contributed by atoms with E-state index in [9.17, 15) is 18.8 Å². The monoisotopic (exact) mass is 396 g/mol. The Morgan fingerprint density at radius 2 is 1.93 bits per heavy atom. The van der Waals surface area contributed by atoms with E-state index in [2.05, 4.69) is 15.5 Å². The van der Waals surface area contributed by atoms with Crippen LogP contribution < -0.4 is 10.9 Å². The SMILES string of the molecule is O=C(O)NC1CN(C(=O)c2cc(Cc3n[nH]c(=O)c4ccccc34)ccc2F)C1. The van der Waals surface area contributed by atoms with Crippen LogP contribution in [-0.4, -0.2) is 51.3 Å². The molecule has 148 valence electrons. The third kappa shape index (κ3) is 3.66. The Balaban J connectivity index is 1.57. The molecule has 0 atom stereocenters. The average molecular weight is 396 g/mol. The molecule has 8 nitrogen and oxygen atoms in total. The van der Waals surface area contributed by atoms with Crippen LogP contribution in [0.3, 0.4) is 0 Å². The van der Waals surface area contributed by atoms with Crippen LogP contribution in [0.5, 0.6) is 0 Å². The van der Waals surface area contributed by atoms with E-state index in [0.717, 1.165) is 0 Å². The smallest absolute Gasteiger partial charge is 0.405 e. The summed E-state index contributed by atoms with van der Waals surface area (Å²) >= 11 is 0. The van der Waals surface area contributed by atoms with Gasteiger partial charge >= 0.3 is 6.09 Å². The van der Waals surface area contributed by atoms with Crippen LogP contribution in [0.25, 0.3) is 10.8 Å². The van der Waals surface area contributed by atoms with Crippen LogP contribution in [0.1, 0.15) is 21.6 Å². The van der Waals surface area contributed by atoms with Crippen molar-refractivity contribution in [1.82, 2.24) is 20.4 Å². The lowest BCUT2D eigenvalue weighted by Crippen LogP contribution is -2.60. The fourth-order valence-corrected chi connectivity index (χ4v) is 3.43. The zero-order valence-corrected chi connectivity index (χ0v) is 15.2. The maximum atomic E-state index is 14.3. The molecular weight excluding hydrogens is 379 g/mol. The average Bonchev–Trinajstić information content (AvgIpc) is 2.67. The Kier molecular flexibility index (Phi) is 4.71. The molecule has 2 aromatic carbocycles. The van der Waals surface area contributed by atoms with Crippen LogP contribution in [0.15, 0.2) is 47.3 Å². The number of halogens is 1. The number of hydrogen-bond donors (Lipinski definition) is 3. The standard InChI is InChI=1S/C20H17FN4O4/c21-16-6-5-11(7-15(16)19(27)25-9-12(10-25)22-20(28)29)8-17-13-3-1-2-4-14(13)18(26)24-23-17/h1-7,12,22H,8-10H2,(H,24,26)(H,28,29). The first kappa shape index (κ1) is 18.6. The molecule has 1 aromatic heterocycles. The molecule has 2 amide bonds. The summed E-state index contributed by atoms with van der Waals surface area (Å²) < 4.78 is 14.3. The molecule has 0 radical (unpaired) electrons. The topological polar surface area (TPSA) is 115 Å². The summed E-state index contributed by atoms with van der Waals surface area (Å²) in [6.45, 7) is 0.391. The van der Waals surface area contributed by atoms with Gasteiger partial charge in [-0.2, -0.15) is 5.10 Å². The molecule has 0 bridgehead atoms. The maximum Gasteiger partial charge on any atom is 0.405 e. The number of H-pyrrole nitrogens is 1. The predicted molar refractivity (Wildman–Crippen MR) is 102 cm³/mol. The van der Waals surface area contributed by atoms with Gasteiger partial charge in [0.2, 0.25) is 0 Å². The van der Waals surface area contributed by atoms with Crippen LogP contribution in [0.2, 0.25) is 0 Å². The summed E-state index contributed by atoms with van der Waals surface area (Å²) in [6, 6.07) is 11.0. The number of hydrogen-bond acceptors (Lipinski definition) is 4. The molecule has 3 N–H and O–H groups in total. The maximum absolute atomic E-state index is 14.3. The second-order valence-electron chi connectivity index (χ2n) is 6.89. The van der Waals surface area contributed by atoms with Crippen LogP contribution in [0, 0.1) is 5.82 Å². The van der Waals surface area contributed by atoms with E-state index < -0.39 is 17.8 Å². The van der Waals surface area contributed by atoms with E-state index in [1.165, 1.54) is 17.0 Å². The molecule has 3 aromatic rings. The van der Waals surface area contributed by atoms with Crippen molar-refractivity contribution in [2.75, 3.05) is 13.1 Å². The van der Waals surface area contributed by atoms with Crippen molar-refractivity contribution in [3.05, 3.63) is 75.5 Å². The van der Waals surface area contributed by atoms with Crippen molar-refractivity contribution in [3.8, 4) is 0 Å². The predicted octanol–water partition coefficient (Wildman–Crippen LogP) is 1.74. The number of likely N-dealkylation sites (tertiary alicyclic amines) is 1. The fraction of sp³-hybridized carbons (Fsp3) is 0.200. The number of carbonyl (C=O) groups excluding carboxylic acids is 1. The Morgan fingerprint density at radius 3 is 2.66 bits per heavy atom. The van der Waals surface area contributed by atoms with E-state index in [0.29, 0.717) is 28.5 Å². The Hall–Kier alpha value is -3.75. The molecule has 1 fully saturated rings. The number of nitrogens with one attached hydrogen (secondary N) is 2. The number of fused-ring (bicyclic) bond motifs is 1. The lowest BCUT2D eigenvalue weighted by atomic mass is 10.0. The largest absolute Gasteiger partial charge is 0.465 e. The van der Waals surface area contributed by atoms with Gasteiger partial charge in [-0.1, -0.05) is 24.3 Å². The lowest BCUT2D eigenvalue weighted by molar-refractivity contribution is 0.0559. The second kappa shape index (κ2) is 7.34. The van der Waals surface area contributed by atoms with E-state index in [1.54, 1.807) is 30.3 Å². The van der Waals surface area contributed by atoms with E-state index in [1.807, 2.05) is 0 Å². The van der Waals surface area contributed by atoms with Crippen molar-refractivity contribution in [1.29, 1.82) is 0 Å². The van der Waals surface area contributed by atoms with Gasteiger partial charge < -0.3 is 15.3 Å². The molecular formula is C20H17FN4O4. The summed E-state index contributed by atoms with van der Waals surface area (Å²) in [5.74, 6) is -1.14. The van der Waals surface area contributed by atoms with Crippen molar-refractivity contribution in [2.24, 2.45) is 0 Å². The minimum atomic E-state index is -1.16. The zero-order chi connectivity index (χ0) is 20.5. The summed E-state index contributed by atoms with van der Waals surface area (Å²) in [7, 11) is 0. The van der Waals surface area contributed by atoms with Crippen molar-refractivity contribution >= 4 is 22.8 Å². The molecule has 0 aliphatic carbocycles. The van der Waals surface area contributed by atoms with Crippen LogP contribution >= 0.6 is 0 Å². The van der Waals surface area contributed by atoms with Gasteiger partial charge in [-0.3, -0.25) is 9.59 Å². The van der Waals surface area contributed by atoms with Crippen LogP contribution in [0.4, 0.5) is 9.18 Å². The Bertz CT molecular complexity index is 1170. The van der Waals surface area contributed by atoms with Crippen molar-refractivity contribution < 1.29 is 19.1 Å².